The molecule has 1 aromatic heterocycles. The van der Waals surface area contributed by atoms with Gasteiger partial charge in [-0.2, -0.15) is 0 Å². The van der Waals surface area contributed by atoms with Gasteiger partial charge < -0.3 is 5.32 Å². The van der Waals surface area contributed by atoms with Crippen molar-refractivity contribution in [3.8, 4) is 0 Å². The molecule has 2 N–H and O–H groups in total. The van der Waals surface area contributed by atoms with Gasteiger partial charge in [-0.15, -0.1) is 0 Å². The van der Waals surface area contributed by atoms with E-state index in [0.717, 1.165) is 11.4 Å². The number of nitrogens with one attached hydrogen (secondary N) is 2. The average Bonchev–Trinajstić information content (AvgIpc) is 2.47. The van der Waals surface area contributed by atoms with Gasteiger partial charge in [0.1, 0.15) is 0 Å². The van der Waals surface area contributed by atoms with E-state index in [1.165, 1.54) is 0 Å². The zero-order chi connectivity index (χ0) is 14.6. The summed E-state index contributed by atoms with van der Waals surface area (Å²) in [5.41, 5.74) is 2.22. The standard InChI is InChI=1S/C13H16N4O2S/c1-10-7-16-12(8-15-10)9-17-20(18,19)13-5-3-11(14-2)4-6-13/h3-8,14,17H,9H2,1-2H3. The molecule has 20 heavy (non-hydrogen) atoms. The fraction of sp³-hybridized carbons (Fsp3) is 0.231. The van der Waals surface area contributed by atoms with Crippen molar-refractivity contribution in [3.63, 3.8) is 0 Å². The van der Waals surface area contributed by atoms with Crippen molar-refractivity contribution < 1.29 is 8.42 Å². The minimum Gasteiger partial charge on any atom is -0.388 e. The Morgan fingerprint density at radius 1 is 1.10 bits per heavy atom. The Kier molecular flexibility index (Phi) is 4.31. The van der Waals surface area contributed by atoms with Crippen LogP contribution in [0.25, 0.3) is 0 Å². The Morgan fingerprint density at radius 2 is 1.80 bits per heavy atom. The summed E-state index contributed by atoms with van der Waals surface area (Å²) in [5.74, 6) is 0. The topological polar surface area (TPSA) is 84.0 Å². The number of aromatic nitrogens is 2. The van der Waals surface area contributed by atoms with Crippen LogP contribution >= 0.6 is 0 Å². The largest absolute Gasteiger partial charge is 0.388 e. The van der Waals surface area contributed by atoms with Crippen molar-refractivity contribution in [1.82, 2.24) is 14.7 Å². The van der Waals surface area contributed by atoms with Gasteiger partial charge in [0.15, 0.2) is 0 Å². The highest BCUT2D eigenvalue weighted by Gasteiger charge is 2.13. The minimum absolute atomic E-state index is 0.114. The molecule has 0 atom stereocenters. The third-order valence-electron chi connectivity index (χ3n) is 2.73. The summed E-state index contributed by atoms with van der Waals surface area (Å²) in [4.78, 5) is 8.39. The molecule has 0 spiro atoms. The molecule has 0 amide bonds. The lowest BCUT2D eigenvalue weighted by Gasteiger charge is -2.07. The van der Waals surface area contributed by atoms with E-state index in [9.17, 15) is 8.42 Å². The number of hydrogen-bond donors (Lipinski definition) is 2. The highest BCUT2D eigenvalue weighted by molar-refractivity contribution is 7.89. The first kappa shape index (κ1) is 14.4. The summed E-state index contributed by atoms with van der Waals surface area (Å²) in [5, 5.41) is 2.94. The Labute approximate surface area is 118 Å². The van der Waals surface area contributed by atoms with E-state index in [-0.39, 0.29) is 11.4 Å². The summed E-state index contributed by atoms with van der Waals surface area (Å²) >= 11 is 0. The van der Waals surface area contributed by atoms with Crippen LogP contribution in [0.2, 0.25) is 0 Å². The Bertz CT molecular complexity index is 667. The molecule has 0 saturated carbocycles. The van der Waals surface area contributed by atoms with Gasteiger partial charge in [-0.05, 0) is 31.2 Å². The van der Waals surface area contributed by atoms with Gasteiger partial charge in [0.05, 0.1) is 29.0 Å². The maximum atomic E-state index is 12.1. The van der Waals surface area contributed by atoms with E-state index in [1.54, 1.807) is 43.7 Å². The van der Waals surface area contributed by atoms with Crippen LogP contribution in [0, 0.1) is 6.92 Å². The van der Waals surface area contributed by atoms with Crippen LogP contribution in [0.1, 0.15) is 11.4 Å². The van der Waals surface area contributed by atoms with Crippen LogP contribution in [0.3, 0.4) is 0 Å². The Hall–Kier alpha value is -1.99. The minimum atomic E-state index is -3.54. The van der Waals surface area contributed by atoms with Crippen LogP contribution in [-0.2, 0) is 16.6 Å². The number of benzene rings is 1. The summed E-state index contributed by atoms with van der Waals surface area (Å²) in [6.07, 6.45) is 3.16. The van der Waals surface area contributed by atoms with Gasteiger partial charge in [-0.3, -0.25) is 9.97 Å². The first-order chi connectivity index (χ1) is 9.51. The average molecular weight is 292 g/mol. The second kappa shape index (κ2) is 5.98. The van der Waals surface area contributed by atoms with Gasteiger partial charge in [0, 0.05) is 18.9 Å². The molecule has 0 unspecified atom stereocenters. The van der Waals surface area contributed by atoms with Crippen molar-refractivity contribution in [2.24, 2.45) is 0 Å². The summed E-state index contributed by atoms with van der Waals surface area (Å²) in [6.45, 7) is 1.94. The molecule has 2 aromatic rings. The smallest absolute Gasteiger partial charge is 0.240 e. The van der Waals surface area contributed by atoms with Crippen molar-refractivity contribution in [2.75, 3.05) is 12.4 Å². The summed E-state index contributed by atoms with van der Waals surface area (Å²) in [7, 11) is -1.76. The molecular weight excluding hydrogens is 276 g/mol. The fourth-order valence-corrected chi connectivity index (χ4v) is 2.56. The number of nitrogens with zero attached hydrogens (tertiary/aromatic N) is 2. The molecule has 1 aromatic carbocycles. The van der Waals surface area contributed by atoms with Crippen molar-refractivity contribution >= 4 is 15.7 Å². The molecule has 2 rings (SSSR count). The fourth-order valence-electron chi connectivity index (χ4n) is 1.56. The van der Waals surface area contributed by atoms with E-state index < -0.39 is 10.0 Å². The van der Waals surface area contributed by atoms with E-state index in [1.807, 2.05) is 6.92 Å². The zero-order valence-corrected chi connectivity index (χ0v) is 12.1. The zero-order valence-electron chi connectivity index (χ0n) is 11.3. The first-order valence-corrected chi connectivity index (χ1v) is 7.54. The number of anilines is 1. The molecule has 0 radical (unpaired) electrons. The Balaban J connectivity index is 2.08. The van der Waals surface area contributed by atoms with Gasteiger partial charge in [-0.1, -0.05) is 0 Å². The van der Waals surface area contributed by atoms with Gasteiger partial charge >= 0.3 is 0 Å². The lowest BCUT2D eigenvalue weighted by atomic mass is 10.3. The van der Waals surface area contributed by atoms with Crippen LogP contribution < -0.4 is 10.0 Å². The molecule has 0 saturated heterocycles. The molecule has 0 aliphatic rings. The lowest BCUT2D eigenvalue weighted by Crippen LogP contribution is -2.23. The van der Waals surface area contributed by atoms with Crippen LogP contribution in [0.15, 0.2) is 41.6 Å². The van der Waals surface area contributed by atoms with E-state index in [4.69, 9.17) is 0 Å². The second-order valence-electron chi connectivity index (χ2n) is 4.25. The molecule has 106 valence electrons. The van der Waals surface area contributed by atoms with E-state index in [0.29, 0.717) is 5.69 Å². The molecule has 0 fully saturated rings. The second-order valence-corrected chi connectivity index (χ2v) is 6.01. The molecule has 6 nitrogen and oxygen atoms in total. The summed E-state index contributed by atoms with van der Waals surface area (Å²) < 4.78 is 26.7. The SMILES string of the molecule is CNc1ccc(S(=O)(=O)NCc2cnc(C)cn2)cc1. The van der Waals surface area contributed by atoms with Crippen molar-refractivity contribution in [3.05, 3.63) is 48.0 Å². The normalized spacial score (nSPS) is 11.3. The molecule has 1 heterocycles. The first-order valence-electron chi connectivity index (χ1n) is 6.06. The number of sulfonamides is 1. The Morgan fingerprint density at radius 3 is 2.35 bits per heavy atom. The van der Waals surface area contributed by atoms with Gasteiger partial charge in [0.2, 0.25) is 10.0 Å². The molecule has 0 aliphatic carbocycles. The van der Waals surface area contributed by atoms with Crippen LogP contribution in [0.4, 0.5) is 5.69 Å². The monoisotopic (exact) mass is 292 g/mol. The molecular formula is C13H16N4O2S. The van der Waals surface area contributed by atoms with Gasteiger partial charge in [-0.25, -0.2) is 13.1 Å². The molecule has 0 aliphatic heterocycles. The predicted octanol–water partition coefficient (Wildman–Crippen LogP) is 1.31. The third kappa shape index (κ3) is 3.52. The highest BCUT2D eigenvalue weighted by Crippen LogP contribution is 2.13. The number of hydrogen-bond acceptors (Lipinski definition) is 5. The molecule has 7 heteroatoms. The lowest BCUT2D eigenvalue weighted by molar-refractivity contribution is 0.580. The third-order valence-corrected chi connectivity index (χ3v) is 4.15. The highest BCUT2D eigenvalue weighted by atomic mass is 32.2. The maximum absolute atomic E-state index is 12.1. The van der Waals surface area contributed by atoms with Crippen molar-refractivity contribution in [1.29, 1.82) is 0 Å². The quantitative estimate of drug-likeness (QED) is 0.868. The number of rotatable bonds is 5. The van der Waals surface area contributed by atoms with Crippen molar-refractivity contribution in [2.45, 2.75) is 18.4 Å². The molecule has 0 bridgehead atoms. The maximum Gasteiger partial charge on any atom is 0.240 e. The number of aryl methyl sites for hydroxylation is 1. The predicted molar refractivity (Wildman–Crippen MR) is 76.8 cm³/mol. The van der Waals surface area contributed by atoms with Crippen LogP contribution in [-0.4, -0.2) is 25.4 Å². The summed E-state index contributed by atoms with van der Waals surface area (Å²) in [6, 6.07) is 6.52. The van der Waals surface area contributed by atoms with E-state index in [2.05, 4.69) is 20.0 Å². The van der Waals surface area contributed by atoms with E-state index >= 15 is 0 Å². The van der Waals surface area contributed by atoms with Crippen LogP contribution in [0.5, 0.6) is 0 Å². The van der Waals surface area contributed by atoms with Gasteiger partial charge in [0.25, 0.3) is 0 Å².